The van der Waals surface area contributed by atoms with Crippen LogP contribution in [0.1, 0.15) is 24.2 Å². The van der Waals surface area contributed by atoms with Crippen LogP contribution in [0.3, 0.4) is 0 Å². The fraction of sp³-hybridized carbons (Fsp3) is 0.150. The highest BCUT2D eigenvalue weighted by Gasteiger charge is 2.09. The average molecular weight is 348 g/mol. The van der Waals surface area contributed by atoms with Gasteiger partial charge in [0.05, 0.1) is 5.52 Å². The average Bonchev–Trinajstić information content (AvgIpc) is 2.61. The molecule has 2 aromatic carbocycles. The Morgan fingerprint density at radius 2 is 1.73 bits per heavy atom. The van der Waals surface area contributed by atoms with E-state index in [4.69, 9.17) is 0 Å². The second-order valence-electron chi connectivity index (χ2n) is 6.20. The minimum absolute atomic E-state index is 0.0314. The highest BCUT2D eigenvalue weighted by Crippen LogP contribution is 2.18. The SMILES string of the molecule is CC(C)NC(=O)Nc1cccc(C(=O)Nc2ccc3ncccc3c2)c1. The Labute approximate surface area is 151 Å². The lowest BCUT2D eigenvalue weighted by atomic mass is 10.1. The summed E-state index contributed by atoms with van der Waals surface area (Å²) >= 11 is 0. The molecule has 0 saturated heterocycles. The molecule has 0 saturated carbocycles. The molecule has 1 heterocycles. The third-order valence-corrected chi connectivity index (χ3v) is 3.66. The van der Waals surface area contributed by atoms with Crippen molar-refractivity contribution in [1.82, 2.24) is 10.3 Å². The fourth-order valence-electron chi connectivity index (χ4n) is 2.52. The van der Waals surface area contributed by atoms with Crippen molar-refractivity contribution >= 4 is 34.2 Å². The second kappa shape index (κ2) is 7.65. The number of nitrogens with zero attached hydrogens (tertiary/aromatic N) is 1. The molecular weight excluding hydrogens is 328 g/mol. The van der Waals surface area contributed by atoms with Gasteiger partial charge in [0.2, 0.25) is 0 Å². The summed E-state index contributed by atoms with van der Waals surface area (Å²) in [5.41, 5.74) is 2.57. The van der Waals surface area contributed by atoms with Gasteiger partial charge < -0.3 is 16.0 Å². The summed E-state index contributed by atoms with van der Waals surface area (Å²) in [6.45, 7) is 3.76. The third kappa shape index (κ3) is 4.36. The van der Waals surface area contributed by atoms with E-state index in [1.165, 1.54) is 0 Å². The van der Waals surface area contributed by atoms with Gasteiger partial charge in [-0.2, -0.15) is 0 Å². The number of hydrogen-bond donors (Lipinski definition) is 3. The number of pyridine rings is 1. The van der Waals surface area contributed by atoms with E-state index in [9.17, 15) is 9.59 Å². The first-order valence-corrected chi connectivity index (χ1v) is 8.35. The molecule has 6 heteroatoms. The van der Waals surface area contributed by atoms with Crippen LogP contribution in [-0.2, 0) is 0 Å². The van der Waals surface area contributed by atoms with Crippen LogP contribution in [0.4, 0.5) is 16.2 Å². The van der Waals surface area contributed by atoms with Gasteiger partial charge in [-0.25, -0.2) is 4.79 Å². The Hall–Kier alpha value is -3.41. The maximum Gasteiger partial charge on any atom is 0.319 e. The smallest absolute Gasteiger partial charge is 0.319 e. The summed E-state index contributed by atoms with van der Waals surface area (Å²) in [4.78, 5) is 28.6. The van der Waals surface area contributed by atoms with Gasteiger partial charge in [-0.05, 0) is 56.3 Å². The van der Waals surface area contributed by atoms with E-state index in [-0.39, 0.29) is 18.0 Å². The van der Waals surface area contributed by atoms with E-state index >= 15 is 0 Å². The van der Waals surface area contributed by atoms with E-state index in [1.54, 1.807) is 30.5 Å². The summed E-state index contributed by atoms with van der Waals surface area (Å²) in [7, 11) is 0. The molecule has 0 fully saturated rings. The number of carbonyl (C=O) groups is 2. The van der Waals surface area contributed by atoms with Crippen LogP contribution < -0.4 is 16.0 Å². The summed E-state index contributed by atoms with van der Waals surface area (Å²) < 4.78 is 0. The predicted octanol–water partition coefficient (Wildman–Crippen LogP) is 4.02. The molecule has 26 heavy (non-hydrogen) atoms. The van der Waals surface area contributed by atoms with Crippen LogP contribution in [0.15, 0.2) is 60.8 Å². The fourth-order valence-corrected chi connectivity index (χ4v) is 2.52. The summed E-state index contributed by atoms with van der Waals surface area (Å²) in [6, 6.07) is 15.9. The standard InChI is InChI=1S/C20H20N4O2/c1-13(2)22-20(26)24-16-7-3-5-15(12-16)19(25)23-17-8-9-18-14(11-17)6-4-10-21-18/h3-13H,1-2H3,(H,23,25)(H2,22,24,26). The van der Waals surface area contributed by atoms with Crippen LogP contribution in [0.2, 0.25) is 0 Å². The summed E-state index contributed by atoms with van der Waals surface area (Å²) in [5, 5.41) is 9.28. The van der Waals surface area contributed by atoms with Gasteiger partial charge in [-0.1, -0.05) is 12.1 Å². The number of aromatic nitrogens is 1. The van der Waals surface area contributed by atoms with Gasteiger partial charge in [0.15, 0.2) is 0 Å². The first-order chi connectivity index (χ1) is 12.5. The molecule has 0 spiro atoms. The predicted molar refractivity (Wildman–Crippen MR) is 103 cm³/mol. The van der Waals surface area contributed by atoms with Gasteiger partial charge in [0.1, 0.15) is 0 Å². The molecule has 3 rings (SSSR count). The highest BCUT2D eigenvalue weighted by atomic mass is 16.2. The Morgan fingerprint density at radius 1 is 0.923 bits per heavy atom. The van der Waals surface area contributed by atoms with E-state index in [1.807, 2.05) is 44.2 Å². The number of amides is 3. The van der Waals surface area contributed by atoms with Gasteiger partial charge in [-0.15, -0.1) is 0 Å². The lowest BCUT2D eigenvalue weighted by Crippen LogP contribution is -2.34. The van der Waals surface area contributed by atoms with E-state index in [0.29, 0.717) is 16.9 Å². The molecule has 3 amide bonds. The van der Waals surface area contributed by atoms with E-state index in [0.717, 1.165) is 10.9 Å². The maximum atomic E-state index is 12.5. The van der Waals surface area contributed by atoms with Crippen LogP contribution >= 0.6 is 0 Å². The number of nitrogens with one attached hydrogen (secondary N) is 3. The minimum atomic E-state index is -0.306. The lowest BCUT2D eigenvalue weighted by molar-refractivity contribution is 0.102. The van der Waals surface area contributed by atoms with Crippen molar-refractivity contribution in [2.75, 3.05) is 10.6 Å². The maximum absolute atomic E-state index is 12.5. The quantitative estimate of drug-likeness (QED) is 0.666. The molecule has 6 nitrogen and oxygen atoms in total. The second-order valence-corrected chi connectivity index (χ2v) is 6.20. The molecule has 0 bridgehead atoms. The number of urea groups is 1. The van der Waals surface area contributed by atoms with Crippen molar-refractivity contribution in [2.24, 2.45) is 0 Å². The number of anilines is 2. The Bertz CT molecular complexity index is 953. The zero-order chi connectivity index (χ0) is 18.5. The highest BCUT2D eigenvalue weighted by molar-refractivity contribution is 6.06. The topological polar surface area (TPSA) is 83.1 Å². The van der Waals surface area contributed by atoms with Crippen molar-refractivity contribution in [3.63, 3.8) is 0 Å². The summed E-state index contributed by atoms with van der Waals surface area (Å²) in [6.07, 6.45) is 1.73. The molecular formula is C20H20N4O2. The van der Waals surface area contributed by atoms with Crippen LogP contribution in [-0.4, -0.2) is 23.0 Å². The van der Waals surface area contributed by atoms with Gasteiger partial charge in [-0.3, -0.25) is 9.78 Å². The van der Waals surface area contributed by atoms with Crippen LogP contribution in [0.25, 0.3) is 10.9 Å². The Morgan fingerprint density at radius 3 is 2.54 bits per heavy atom. The van der Waals surface area contributed by atoms with Crippen LogP contribution in [0, 0.1) is 0 Å². The minimum Gasteiger partial charge on any atom is -0.336 e. The molecule has 132 valence electrons. The number of rotatable bonds is 4. The van der Waals surface area contributed by atoms with E-state index in [2.05, 4.69) is 20.9 Å². The van der Waals surface area contributed by atoms with E-state index < -0.39 is 0 Å². The third-order valence-electron chi connectivity index (χ3n) is 3.66. The molecule has 0 atom stereocenters. The number of carbonyl (C=O) groups excluding carboxylic acids is 2. The first kappa shape index (κ1) is 17.4. The molecule has 0 aliphatic carbocycles. The zero-order valence-electron chi connectivity index (χ0n) is 14.6. The van der Waals surface area contributed by atoms with Crippen molar-refractivity contribution in [3.05, 3.63) is 66.4 Å². The number of benzene rings is 2. The molecule has 1 aromatic heterocycles. The van der Waals surface area contributed by atoms with Crippen molar-refractivity contribution in [1.29, 1.82) is 0 Å². The van der Waals surface area contributed by atoms with Gasteiger partial charge in [0, 0.05) is 34.6 Å². The van der Waals surface area contributed by atoms with Crippen molar-refractivity contribution < 1.29 is 9.59 Å². The lowest BCUT2D eigenvalue weighted by Gasteiger charge is -2.11. The van der Waals surface area contributed by atoms with Crippen molar-refractivity contribution in [2.45, 2.75) is 19.9 Å². The molecule has 0 radical (unpaired) electrons. The number of hydrogen-bond acceptors (Lipinski definition) is 3. The first-order valence-electron chi connectivity index (χ1n) is 8.35. The van der Waals surface area contributed by atoms with Gasteiger partial charge >= 0.3 is 6.03 Å². The number of fused-ring (bicyclic) bond motifs is 1. The van der Waals surface area contributed by atoms with Crippen molar-refractivity contribution in [3.8, 4) is 0 Å². The Kier molecular flexibility index (Phi) is 5.12. The van der Waals surface area contributed by atoms with Crippen LogP contribution in [0.5, 0.6) is 0 Å². The zero-order valence-corrected chi connectivity index (χ0v) is 14.6. The molecule has 3 N–H and O–H groups in total. The normalized spacial score (nSPS) is 10.6. The molecule has 0 aliphatic heterocycles. The Balaban J connectivity index is 1.72. The largest absolute Gasteiger partial charge is 0.336 e. The molecule has 0 unspecified atom stereocenters. The monoisotopic (exact) mass is 348 g/mol. The van der Waals surface area contributed by atoms with Gasteiger partial charge in [0.25, 0.3) is 5.91 Å². The molecule has 3 aromatic rings. The molecule has 0 aliphatic rings. The summed E-state index contributed by atoms with van der Waals surface area (Å²) in [5.74, 6) is -0.249.